The highest BCUT2D eigenvalue weighted by molar-refractivity contribution is 7.85. The third-order valence-corrected chi connectivity index (χ3v) is 8.42. The van der Waals surface area contributed by atoms with Gasteiger partial charge in [-0.2, -0.15) is 0 Å². The first-order valence-electron chi connectivity index (χ1n) is 12.8. The normalized spacial score (nSPS) is 22.1. The van der Waals surface area contributed by atoms with Gasteiger partial charge in [-0.25, -0.2) is 4.98 Å². The molecule has 0 spiro atoms. The van der Waals surface area contributed by atoms with Crippen molar-refractivity contribution in [2.45, 2.75) is 57.3 Å². The zero-order valence-corrected chi connectivity index (χ0v) is 22.8. The van der Waals surface area contributed by atoms with Gasteiger partial charge in [-0.15, -0.1) is 0 Å². The second-order valence-corrected chi connectivity index (χ2v) is 12.7. The van der Waals surface area contributed by atoms with E-state index in [1.54, 1.807) is 0 Å². The first kappa shape index (κ1) is 25.7. The van der Waals surface area contributed by atoms with Gasteiger partial charge in [0.1, 0.15) is 11.4 Å². The summed E-state index contributed by atoms with van der Waals surface area (Å²) in [7, 11) is -1.04. The molecule has 5 rings (SSSR count). The van der Waals surface area contributed by atoms with Crippen molar-refractivity contribution in [1.82, 2.24) is 4.98 Å². The molecule has 2 aromatic carbocycles. The van der Waals surface area contributed by atoms with Gasteiger partial charge >= 0.3 is 5.97 Å². The number of hydrogen-bond donors (Lipinski definition) is 1. The highest BCUT2D eigenvalue weighted by atomic mass is 32.2. The number of anilines is 2. The van der Waals surface area contributed by atoms with E-state index in [0.29, 0.717) is 31.9 Å². The van der Waals surface area contributed by atoms with Crippen LogP contribution in [0.4, 0.5) is 11.5 Å². The third kappa shape index (κ3) is 5.65. The van der Waals surface area contributed by atoms with Gasteiger partial charge in [-0.05, 0) is 51.5 Å². The minimum absolute atomic E-state index is 0.179. The SMILES string of the molecule is Cc1ccc2nc(N3CCS(=O)c4ccccc4C3)cc(N3CC(O)C(CC(=O)OC(C)(C)C)C3)c2c1. The molecule has 1 aromatic heterocycles. The van der Waals surface area contributed by atoms with Crippen LogP contribution < -0.4 is 9.80 Å². The van der Waals surface area contributed by atoms with Crippen LogP contribution in [0.25, 0.3) is 10.9 Å². The van der Waals surface area contributed by atoms with Crippen LogP contribution in [0.2, 0.25) is 0 Å². The lowest BCUT2D eigenvalue weighted by Gasteiger charge is -2.26. The molecular weight excluding hydrogens is 486 g/mol. The van der Waals surface area contributed by atoms with Crippen molar-refractivity contribution in [2.75, 3.05) is 35.2 Å². The fourth-order valence-corrected chi connectivity index (χ4v) is 6.48. The summed E-state index contributed by atoms with van der Waals surface area (Å²) in [5, 5.41) is 11.9. The largest absolute Gasteiger partial charge is 0.460 e. The van der Waals surface area contributed by atoms with E-state index in [2.05, 4.69) is 34.9 Å². The van der Waals surface area contributed by atoms with Crippen molar-refractivity contribution in [3.63, 3.8) is 0 Å². The molecule has 0 bridgehead atoms. The summed E-state index contributed by atoms with van der Waals surface area (Å²) in [6.45, 7) is 9.88. The lowest BCUT2D eigenvalue weighted by atomic mass is 10.0. The number of carbonyl (C=O) groups is 1. The Morgan fingerprint density at radius 2 is 1.92 bits per heavy atom. The minimum Gasteiger partial charge on any atom is -0.460 e. The molecule has 2 aliphatic heterocycles. The maximum absolute atomic E-state index is 12.8. The van der Waals surface area contributed by atoms with E-state index in [-0.39, 0.29) is 18.3 Å². The molecule has 0 radical (unpaired) electrons. The number of fused-ring (bicyclic) bond motifs is 2. The third-order valence-electron chi connectivity index (χ3n) is 6.97. The molecule has 196 valence electrons. The molecular formula is C29H35N3O4S. The molecule has 7 nitrogen and oxygen atoms in total. The molecule has 3 atom stereocenters. The zero-order chi connectivity index (χ0) is 26.3. The number of esters is 1. The number of ether oxygens (including phenoxy) is 1. The van der Waals surface area contributed by atoms with Gasteiger partial charge in [0.2, 0.25) is 0 Å². The van der Waals surface area contributed by atoms with E-state index in [0.717, 1.165) is 38.4 Å². The number of hydrogen-bond acceptors (Lipinski definition) is 7. The molecule has 1 saturated heterocycles. The van der Waals surface area contributed by atoms with Crippen LogP contribution in [-0.4, -0.2) is 57.4 Å². The predicted octanol–water partition coefficient (Wildman–Crippen LogP) is 4.20. The van der Waals surface area contributed by atoms with Gasteiger partial charge in [0, 0.05) is 59.9 Å². The molecule has 3 unspecified atom stereocenters. The van der Waals surface area contributed by atoms with Crippen LogP contribution in [0.3, 0.4) is 0 Å². The molecule has 8 heteroatoms. The average molecular weight is 522 g/mol. The number of rotatable bonds is 4. The smallest absolute Gasteiger partial charge is 0.306 e. The number of aryl methyl sites for hydroxylation is 1. The topological polar surface area (TPSA) is 83.0 Å². The van der Waals surface area contributed by atoms with Crippen LogP contribution in [0.5, 0.6) is 0 Å². The van der Waals surface area contributed by atoms with Gasteiger partial charge in [0.25, 0.3) is 0 Å². The molecule has 2 aliphatic rings. The molecule has 1 fully saturated rings. The standard InChI is InChI=1S/C29H35N3O4S/c1-19-9-10-23-22(13-19)24(32-17-21(25(33)18-32)14-28(34)36-29(2,3)4)15-27(30-23)31-11-12-37(35)26-8-6-5-7-20(26)16-31/h5-10,13,15,21,25,33H,11-12,14,16-18H2,1-4H3. The second kappa shape index (κ2) is 10.1. The van der Waals surface area contributed by atoms with Gasteiger partial charge in [0.05, 0.1) is 28.8 Å². The fraction of sp³-hybridized carbons (Fsp3) is 0.448. The Balaban J connectivity index is 1.47. The molecule has 3 heterocycles. The van der Waals surface area contributed by atoms with Crippen molar-refractivity contribution in [3.05, 3.63) is 59.7 Å². The Bertz CT molecular complexity index is 1350. The summed E-state index contributed by atoms with van der Waals surface area (Å²) < 4.78 is 18.4. The van der Waals surface area contributed by atoms with E-state index < -0.39 is 22.5 Å². The van der Waals surface area contributed by atoms with Crippen LogP contribution in [0, 0.1) is 12.8 Å². The second-order valence-electron chi connectivity index (χ2n) is 11.1. The number of pyridine rings is 1. The van der Waals surface area contributed by atoms with Gasteiger partial charge < -0.3 is 19.6 Å². The summed E-state index contributed by atoms with van der Waals surface area (Å²) in [6, 6.07) is 16.2. The molecule has 0 aliphatic carbocycles. The van der Waals surface area contributed by atoms with Crippen LogP contribution >= 0.6 is 0 Å². The first-order chi connectivity index (χ1) is 17.6. The van der Waals surface area contributed by atoms with Crippen LogP contribution in [0.1, 0.15) is 38.3 Å². The summed E-state index contributed by atoms with van der Waals surface area (Å²) in [6.07, 6.45) is -0.449. The Labute approximate surface area is 220 Å². The Hall–Kier alpha value is -2.97. The summed E-state index contributed by atoms with van der Waals surface area (Å²) in [5.41, 5.74) is 3.51. The van der Waals surface area contributed by atoms with E-state index >= 15 is 0 Å². The molecule has 0 amide bonds. The summed E-state index contributed by atoms with van der Waals surface area (Å²) >= 11 is 0. The Kier molecular flexibility index (Phi) is 6.98. The molecule has 1 N–H and O–H groups in total. The van der Waals surface area contributed by atoms with Crippen molar-refractivity contribution in [1.29, 1.82) is 0 Å². The van der Waals surface area contributed by atoms with Crippen molar-refractivity contribution in [2.24, 2.45) is 5.92 Å². The van der Waals surface area contributed by atoms with Crippen molar-refractivity contribution >= 4 is 39.2 Å². The van der Waals surface area contributed by atoms with Gasteiger partial charge in [-0.3, -0.25) is 9.00 Å². The van der Waals surface area contributed by atoms with Crippen LogP contribution in [0.15, 0.2) is 53.4 Å². The number of benzene rings is 2. The quantitative estimate of drug-likeness (QED) is 0.515. The maximum atomic E-state index is 12.8. The monoisotopic (exact) mass is 521 g/mol. The number of nitrogens with zero attached hydrogens (tertiary/aromatic N) is 3. The van der Waals surface area contributed by atoms with E-state index in [1.807, 2.05) is 51.1 Å². The maximum Gasteiger partial charge on any atom is 0.306 e. The number of aromatic nitrogens is 1. The van der Waals surface area contributed by atoms with E-state index in [4.69, 9.17) is 9.72 Å². The van der Waals surface area contributed by atoms with Gasteiger partial charge in [-0.1, -0.05) is 29.8 Å². The van der Waals surface area contributed by atoms with E-state index in [1.165, 1.54) is 0 Å². The fourth-order valence-electron chi connectivity index (χ4n) is 5.22. The molecule has 37 heavy (non-hydrogen) atoms. The number of aliphatic hydroxyl groups is 1. The van der Waals surface area contributed by atoms with Gasteiger partial charge in [0.15, 0.2) is 0 Å². The number of aliphatic hydroxyl groups excluding tert-OH is 1. The number of β-amino-alcohol motifs (C(OH)–C–C–N with tert-alkyl or cyclic N) is 1. The summed E-state index contributed by atoms with van der Waals surface area (Å²) in [5.74, 6) is 0.870. The lowest BCUT2D eigenvalue weighted by molar-refractivity contribution is -0.156. The number of carbonyl (C=O) groups excluding carboxylic acids is 1. The highest BCUT2D eigenvalue weighted by Gasteiger charge is 2.35. The minimum atomic E-state index is -1.04. The first-order valence-corrected chi connectivity index (χ1v) is 14.2. The lowest BCUT2D eigenvalue weighted by Crippen LogP contribution is -2.28. The Morgan fingerprint density at radius 1 is 1.14 bits per heavy atom. The van der Waals surface area contributed by atoms with Crippen LogP contribution in [-0.2, 0) is 26.9 Å². The Morgan fingerprint density at radius 3 is 2.70 bits per heavy atom. The predicted molar refractivity (Wildman–Crippen MR) is 147 cm³/mol. The van der Waals surface area contributed by atoms with E-state index in [9.17, 15) is 14.1 Å². The zero-order valence-electron chi connectivity index (χ0n) is 21.9. The molecule has 3 aromatic rings. The molecule has 0 saturated carbocycles. The van der Waals surface area contributed by atoms with Crippen molar-refractivity contribution in [3.8, 4) is 0 Å². The van der Waals surface area contributed by atoms with Crippen molar-refractivity contribution < 1.29 is 18.8 Å². The summed E-state index contributed by atoms with van der Waals surface area (Å²) in [4.78, 5) is 22.7. The average Bonchev–Trinajstić information content (AvgIpc) is 3.09. The highest BCUT2D eigenvalue weighted by Crippen LogP contribution is 2.36.